The van der Waals surface area contributed by atoms with Crippen molar-refractivity contribution in [3.05, 3.63) is 78.4 Å². The number of methoxy groups -OCH3 is 2. The molecule has 0 heterocycles. The summed E-state index contributed by atoms with van der Waals surface area (Å²) < 4.78 is 10.2. The van der Waals surface area contributed by atoms with Gasteiger partial charge in [0.15, 0.2) is 0 Å². The van der Waals surface area contributed by atoms with Gasteiger partial charge in [0.1, 0.15) is 12.0 Å². The first kappa shape index (κ1) is 43.8. The summed E-state index contributed by atoms with van der Waals surface area (Å²) in [5.41, 5.74) is 24.7. The summed E-state index contributed by atoms with van der Waals surface area (Å²) in [6.07, 6.45) is 3.67. The maximum Gasteiger partial charge on any atom is 0.312 e. The zero-order valence-electron chi connectivity index (χ0n) is 33.1. The number of nitrogen functional groups attached to an aromatic ring is 4. The van der Waals surface area contributed by atoms with Crippen molar-refractivity contribution in [2.24, 2.45) is 32.5 Å². The van der Waals surface area contributed by atoms with Crippen molar-refractivity contribution < 1.29 is 19.1 Å². The fourth-order valence-corrected chi connectivity index (χ4v) is 6.43. The van der Waals surface area contributed by atoms with Crippen LogP contribution >= 0.6 is 0 Å². The average Bonchev–Trinajstić information content (AvgIpc) is 3.00. The molecular formula is C42H66N4O4. The van der Waals surface area contributed by atoms with Crippen LogP contribution in [-0.4, -0.2) is 26.5 Å². The van der Waals surface area contributed by atoms with Crippen molar-refractivity contribution in [3.63, 3.8) is 0 Å². The third-order valence-corrected chi connectivity index (χ3v) is 11.0. The SMILES string of the molecule is COC(=O)C(C)(CC(C)(C)C1(C)CC(C=O)(C(C)(C)C)C1)C(C)(C)C.COc1ccc(N)cc1C.Nc1ccc(N)cc1.Nc1ccccc1. The predicted molar refractivity (Wildman–Crippen MR) is 212 cm³/mol. The van der Waals surface area contributed by atoms with E-state index in [0.717, 1.165) is 53.3 Å². The number of rotatable bonds is 6. The number of nitrogens with two attached hydrogens (primary N) is 4. The molecule has 1 atom stereocenters. The van der Waals surface area contributed by atoms with Crippen LogP contribution in [0.5, 0.6) is 5.75 Å². The highest BCUT2D eigenvalue weighted by atomic mass is 16.5. The van der Waals surface area contributed by atoms with Crippen LogP contribution in [0.4, 0.5) is 22.7 Å². The quantitative estimate of drug-likeness (QED) is 0.113. The summed E-state index contributed by atoms with van der Waals surface area (Å²) in [6.45, 7) is 23.5. The number of benzene rings is 3. The largest absolute Gasteiger partial charge is 0.496 e. The van der Waals surface area contributed by atoms with Crippen LogP contribution in [0.25, 0.3) is 0 Å². The minimum absolute atomic E-state index is 0.0295. The van der Waals surface area contributed by atoms with E-state index in [0.29, 0.717) is 0 Å². The van der Waals surface area contributed by atoms with Crippen LogP contribution in [0.2, 0.25) is 0 Å². The van der Waals surface area contributed by atoms with E-state index in [1.165, 1.54) is 13.4 Å². The van der Waals surface area contributed by atoms with Gasteiger partial charge in [0.05, 0.1) is 19.6 Å². The molecule has 3 aromatic carbocycles. The molecule has 8 heteroatoms. The van der Waals surface area contributed by atoms with E-state index in [2.05, 4.69) is 62.3 Å². The van der Waals surface area contributed by atoms with Gasteiger partial charge in [-0.1, -0.05) is 80.5 Å². The molecule has 1 fully saturated rings. The lowest BCUT2D eigenvalue weighted by Crippen LogP contribution is -2.60. The number of carbonyl (C=O) groups is 2. The molecule has 1 aliphatic carbocycles. The van der Waals surface area contributed by atoms with Gasteiger partial charge in [0.2, 0.25) is 0 Å². The standard InChI is InChI=1S/C22H40O3.C8H11NO.C6H8N2.C6H7N/c1-17(2,3)21(10,16(24)25-11)12-19(7,8)20(9)13-22(14-20,15-23)18(4,5)6;1-6-5-7(9)3-4-8(6)10-2;7-5-1-2-6(8)4-3-5;7-6-4-2-1-3-5-6/h15H,12-14H2,1-11H3;3-5H,9H2,1-2H3;1-4H,7-8H2;1-5H,7H2. The van der Waals surface area contributed by atoms with Crippen LogP contribution in [0.1, 0.15) is 94.1 Å². The van der Waals surface area contributed by atoms with Crippen molar-refractivity contribution >= 4 is 35.0 Å². The molecule has 0 aliphatic heterocycles. The summed E-state index contributed by atoms with van der Waals surface area (Å²) in [7, 11) is 3.12. The van der Waals surface area contributed by atoms with Gasteiger partial charge in [0.25, 0.3) is 0 Å². The number of hydrogen-bond acceptors (Lipinski definition) is 8. The van der Waals surface area contributed by atoms with Crippen LogP contribution in [0.3, 0.4) is 0 Å². The molecule has 278 valence electrons. The number of anilines is 4. The van der Waals surface area contributed by atoms with Gasteiger partial charge in [-0.05, 0) is 115 Å². The van der Waals surface area contributed by atoms with E-state index in [1.54, 1.807) is 31.4 Å². The maximum absolute atomic E-state index is 12.7. The van der Waals surface area contributed by atoms with Gasteiger partial charge < -0.3 is 37.2 Å². The first-order chi connectivity index (χ1) is 22.8. The number of carbonyl (C=O) groups excluding carboxylic acids is 2. The number of ether oxygens (including phenoxy) is 2. The van der Waals surface area contributed by atoms with E-state index < -0.39 is 5.41 Å². The van der Waals surface area contributed by atoms with Crippen LogP contribution in [0, 0.1) is 39.4 Å². The molecule has 8 nitrogen and oxygen atoms in total. The third kappa shape index (κ3) is 11.2. The monoisotopic (exact) mass is 691 g/mol. The Hall–Kier alpha value is -4.20. The Labute approximate surface area is 302 Å². The number of esters is 1. The van der Waals surface area contributed by atoms with Crippen molar-refractivity contribution in [1.82, 2.24) is 0 Å². The number of aryl methyl sites for hydroxylation is 1. The second-order valence-electron chi connectivity index (χ2n) is 16.9. The molecule has 1 unspecified atom stereocenters. The molecule has 0 spiro atoms. The third-order valence-electron chi connectivity index (χ3n) is 11.0. The Morgan fingerprint density at radius 2 is 1.18 bits per heavy atom. The van der Waals surface area contributed by atoms with Crippen molar-refractivity contribution in [2.45, 2.75) is 95.4 Å². The minimum atomic E-state index is -0.574. The summed E-state index contributed by atoms with van der Waals surface area (Å²) in [4.78, 5) is 24.6. The predicted octanol–water partition coefficient (Wildman–Crippen LogP) is 9.37. The molecule has 1 saturated carbocycles. The molecule has 4 rings (SSSR count). The van der Waals surface area contributed by atoms with Gasteiger partial charge in [-0.15, -0.1) is 0 Å². The number of para-hydroxylation sites is 1. The fourth-order valence-electron chi connectivity index (χ4n) is 6.43. The van der Waals surface area contributed by atoms with E-state index in [1.807, 2.05) is 62.4 Å². The maximum atomic E-state index is 12.7. The molecule has 0 aromatic heterocycles. The normalized spacial score (nSPS) is 19.6. The highest BCUT2D eigenvalue weighted by Gasteiger charge is 2.64. The zero-order chi connectivity index (χ0) is 38.8. The van der Waals surface area contributed by atoms with E-state index in [-0.39, 0.29) is 33.0 Å². The Kier molecular flexibility index (Phi) is 15.0. The lowest BCUT2D eigenvalue weighted by Gasteiger charge is -2.65. The van der Waals surface area contributed by atoms with E-state index in [4.69, 9.17) is 32.4 Å². The van der Waals surface area contributed by atoms with Gasteiger partial charge in [0, 0.05) is 28.2 Å². The van der Waals surface area contributed by atoms with Gasteiger partial charge >= 0.3 is 5.97 Å². The minimum Gasteiger partial charge on any atom is -0.496 e. The summed E-state index contributed by atoms with van der Waals surface area (Å²) in [5, 5.41) is 0. The molecular weight excluding hydrogens is 624 g/mol. The van der Waals surface area contributed by atoms with Gasteiger partial charge in [-0.25, -0.2) is 0 Å². The van der Waals surface area contributed by atoms with E-state index >= 15 is 0 Å². The van der Waals surface area contributed by atoms with E-state index in [9.17, 15) is 9.59 Å². The molecule has 3 aromatic rings. The molecule has 0 amide bonds. The Bertz CT molecular complexity index is 1480. The lowest BCUT2D eigenvalue weighted by atomic mass is 9.38. The Morgan fingerprint density at radius 1 is 0.740 bits per heavy atom. The van der Waals surface area contributed by atoms with Crippen LogP contribution < -0.4 is 27.7 Å². The lowest BCUT2D eigenvalue weighted by molar-refractivity contribution is -0.184. The molecule has 0 radical (unpaired) electrons. The van der Waals surface area contributed by atoms with Crippen molar-refractivity contribution in [2.75, 3.05) is 37.2 Å². The highest BCUT2D eigenvalue weighted by molar-refractivity contribution is 5.77. The number of aldehydes is 1. The second kappa shape index (κ2) is 17.1. The molecule has 50 heavy (non-hydrogen) atoms. The summed E-state index contributed by atoms with van der Waals surface area (Å²) in [6, 6.07) is 22.2. The van der Waals surface area contributed by atoms with Crippen LogP contribution in [0.15, 0.2) is 72.8 Å². The number of hydrogen-bond donors (Lipinski definition) is 4. The topological polar surface area (TPSA) is 157 Å². The summed E-state index contributed by atoms with van der Waals surface area (Å²) in [5.74, 6) is 0.739. The molecule has 0 bridgehead atoms. The Balaban J connectivity index is 0.000000401. The average molecular weight is 691 g/mol. The highest BCUT2D eigenvalue weighted by Crippen LogP contribution is 2.69. The summed E-state index contributed by atoms with van der Waals surface area (Å²) >= 11 is 0. The fraction of sp³-hybridized carbons (Fsp3) is 0.524. The molecule has 8 N–H and O–H groups in total. The Morgan fingerprint density at radius 3 is 1.50 bits per heavy atom. The second-order valence-corrected chi connectivity index (χ2v) is 16.9. The first-order valence-electron chi connectivity index (χ1n) is 17.2. The molecule has 1 aliphatic rings. The zero-order valence-corrected chi connectivity index (χ0v) is 33.1. The molecule has 0 saturated heterocycles. The van der Waals surface area contributed by atoms with Crippen LogP contribution in [-0.2, 0) is 14.3 Å². The van der Waals surface area contributed by atoms with Gasteiger partial charge in [-0.2, -0.15) is 0 Å². The first-order valence-corrected chi connectivity index (χ1v) is 17.2. The van der Waals surface area contributed by atoms with Crippen molar-refractivity contribution in [1.29, 1.82) is 0 Å². The smallest absolute Gasteiger partial charge is 0.312 e. The van der Waals surface area contributed by atoms with Crippen molar-refractivity contribution in [3.8, 4) is 5.75 Å². The van der Waals surface area contributed by atoms with Gasteiger partial charge in [-0.3, -0.25) is 4.79 Å².